The number of amides is 1. The zero-order valence-electron chi connectivity index (χ0n) is 9.98. The quantitative estimate of drug-likeness (QED) is 0.912. The number of nitrogens with one attached hydrogen (secondary N) is 2. The lowest BCUT2D eigenvalue weighted by atomic mass is 10.1. The van der Waals surface area contributed by atoms with Crippen molar-refractivity contribution in [1.29, 1.82) is 0 Å². The molecule has 0 bridgehead atoms. The first-order valence-corrected chi connectivity index (χ1v) is 6.55. The van der Waals surface area contributed by atoms with Gasteiger partial charge in [0, 0.05) is 22.4 Å². The lowest BCUT2D eigenvalue weighted by Crippen LogP contribution is -2.28. The van der Waals surface area contributed by atoms with Crippen molar-refractivity contribution in [3.63, 3.8) is 0 Å². The van der Waals surface area contributed by atoms with Gasteiger partial charge >= 0.3 is 0 Å². The molecular weight excluding hydrogens is 294 g/mol. The van der Waals surface area contributed by atoms with Crippen molar-refractivity contribution in [2.75, 3.05) is 0 Å². The number of benzene rings is 1. The molecule has 1 unspecified atom stereocenters. The molecule has 0 aliphatic heterocycles. The highest BCUT2D eigenvalue weighted by Crippen LogP contribution is 2.15. The lowest BCUT2D eigenvalue weighted by Gasteiger charge is -2.14. The second kappa shape index (κ2) is 5.82. The number of aromatic nitrogens is 2. The normalized spacial score (nSPS) is 12.1. The van der Waals surface area contributed by atoms with Gasteiger partial charge in [-0.25, -0.2) is 4.98 Å². The van der Waals surface area contributed by atoms with Crippen LogP contribution in [0.25, 0.3) is 0 Å². The molecule has 0 radical (unpaired) electrons. The van der Waals surface area contributed by atoms with Crippen molar-refractivity contribution in [2.45, 2.75) is 19.4 Å². The number of imidazole rings is 1. The molecule has 1 aromatic heterocycles. The van der Waals surface area contributed by atoms with E-state index in [-0.39, 0.29) is 11.9 Å². The Hall–Kier alpha value is -1.62. The summed E-state index contributed by atoms with van der Waals surface area (Å²) in [6, 6.07) is 7.22. The Kier molecular flexibility index (Phi) is 4.15. The van der Waals surface area contributed by atoms with E-state index >= 15 is 0 Å². The van der Waals surface area contributed by atoms with Gasteiger partial charge < -0.3 is 10.3 Å². The highest BCUT2D eigenvalue weighted by molar-refractivity contribution is 9.10. The Morgan fingerprint density at radius 3 is 3.00 bits per heavy atom. The molecule has 0 saturated carbocycles. The van der Waals surface area contributed by atoms with Gasteiger partial charge in [0.05, 0.1) is 6.04 Å². The molecule has 1 amide bonds. The van der Waals surface area contributed by atoms with Crippen LogP contribution >= 0.6 is 15.9 Å². The maximum absolute atomic E-state index is 12.1. The number of halogens is 1. The van der Waals surface area contributed by atoms with Crippen molar-refractivity contribution >= 4 is 21.8 Å². The van der Waals surface area contributed by atoms with Crippen LogP contribution in [0.15, 0.2) is 41.1 Å². The molecule has 2 rings (SSSR count). The second-order valence-electron chi connectivity index (χ2n) is 3.92. The van der Waals surface area contributed by atoms with E-state index in [1.807, 2.05) is 19.1 Å². The fourth-order valence-electron chi connectivity index (χ4n) is 1.70. The Morgan fingerprint density at radius 2 is 2.39 bits per heavy atom. The van der Waals surface area contributed by atoms with Gasteiger partial charge in [0.1, 0.15) is 5.82 Å². The maximum atomic E-state index is 12.1. The third-order valence-corrected chi connectivity index (χ3v) is 3.14. The van der Waals surface area contributed by atoms with Crippen LogP contribution in [0.2, 0.25) is 0 Å². The van der Waals surface area contributed by atoms with Gasteiger partial charge in [-0.05, 0) is 24.6 Å². The first-order valence-electron chi connectivity index (χ1n) is 5.76. The van der Waals surface area contributed by atoms with E-state index < -0.39 is 0 Å². The summed E-state index contributed by atoms with van der Waals surface area (Å²) in [7, 11) is 0. The summed E-state index contributed by atoms with van der Waals surface area (Å²) in [6.45, 7) is 2.01. The van der Waals surface area contributed by atoms with Crippen LogP contribution in [0.1, 0.15) is 35.6 Å². The zero-order chi connectivity index (χ0) is 13.0. The number of aromatic amines is 1. The molecule has 0 spiro atoms. The van der Waals surface area contributed by atoms with Crippen LogP contribution in [0.3, 0.4) is 0 Å². The molecule has 0 fully saturated rings. The smallest absolute Gasteiger partial charge is 0.251 e. The number of H-pyrrole nitrogens is 1. The molecule has 0 aliphatic rings. The minimum atomic E-state index is -0.0976. The van der Waals surface area contributed by atoms with Gasteiger partial charge in [-0.3, -0.25) is 4.79 Å². The van der Waals surface area contributed by atoms with Gasteiger partial charge in [0.25, 0.3) is 5.91 Å². The second-order valence-corrected chi connectivity index (χ2v) is 4.83. The van der Waals surface area contributed by atoms with Crippen LogP contribution in [-0.2, 0) is 0 Å². The third kappa shape index (κ3) is 2.98. The molecule has 1 heterocycles. The zero-order valence-corrected chi connectivity index (χ0v) is 11.6. The Bertz CT molecular complexity index is 525. The number of hydrogen-bond acceptors (Lipinski definition) is 2. The van der Waals surface area contributed by atoms with Gasteiger partial charge in [-0.1, -0.05) is 28.9 Å². The summed E-state index contributed by atoms with van der Waals surface area (Å²) in [5.41, 5.74) is 0.634. The highest BCUT2D eigenvalue weighted by atomic mass is 79.9. The topological polar surface area (TPSA) is 57.8 Å². The largest absolute Gasteiger partial charge is 0.347 e. The van der Waals surface area contributed by atoms with Crippen molar-refractivity contribution < 1.29 is 4.79 Å². The number of carbonyl (C=O) groups is 1. The van der Waals surface area contributed by atoms with Crippen LogP contribution in [0, 0.1) is 0 Å². The van der Waals surface area contributed by atoms with Gasteiger partial charge in [0.15, 0.2) is 0 Å². The summed E-state index contributed by atoms with van der Waals surface area (Å²) in [4.78, 5) is 19.3. The summed E-state index contributed by atoms with van der Waals surface area (Å²) >= 11 is 3.35. The van der Waals surface area contributed by atoms with E-state index in [4.69, 9.17) is 0 Å². The SMILES string of the molecule is CCC(NC(=O)c1cccc(Br)c1)c1ncc[nH]1. The molecule has 5 heteroatoms. The predicted octanol–water partition coefficient (Wildman–Crippen LogP) is 3.05. The molecular formula is C13H14BrN3O. The Labute approximate surface area is 114 Å². The molecule has 2 N–H and O–H groups in total. The van der Waals surface area contributed by atoms with Crippen LogP contribution in [0.5, 0.6) is 0 Å². The summed E-state index contributed by atoms with van der Waals surface area (Å²) < 4.78 is 0.890. The predicted molar refractivity (Wildman–Crippen MR) is 73.2 cm³/mol. The number of rotatable bonds is 4. The molecule has 18 heavy (non-hydrogen) atoms. The van der Waals surface area contributed by atoms with Crippen molar-refractivity contribution in [3.8, 4) is 0 Å². The van der Waals surface area contributed by atoms with Crippen molar-refractivity contribution in [3.05, 3.63) is 52.5 Å². The average Bonchev–Trinajstić information content (AvgIpc) is 2.89. The molecule has 1 aromatic carbocycles. The van der Waals surface area contributed by atoms with Crippen LogP contribution in [0.4, 0.5) is 0 Å². The van der Waals surface area contributed by atoms with E-state index in [0.29, 0.717) is 5.56 Å². The molecule has 4 nitrogen and oxygen atoms in total. The molecule has 0 aliphatic carbocycles. The van der Waals surface area contributed by atoms with Gasteiger partial charge in [0.2, 0.25) is 0 Å². The summed E-state index contributed by atoms with van der Waals surface area (Å²) in [6.07, 6.45) is 4.22. The molecule has 2 aromatic rings. The minimum absolute atomic E-state index is 0.0912. The standard InChI is InChI=1S/C13H14BrN3O/c1-2-11(12-15-6-7-16-12)17-13(18)9-4-3-5-10(14)8-9/h3-8,11H,2H2,1H3,(H,15,16)(H,17,18). The lowest BCUT2D eigenvalue weighted by molar-refractivity contribution is 0.0934. The van der Waals surface area contributed by atoms with E-state index in [9.17, 15) is 4.79 Å². The highest BCUT2D eigenvalue weighted by Gasteiger charge is 2.15. The summed E-state index contributed by atoms with van der Waals surface area (Å²) in [5.74, 6) is 0.681. The summed E-state index contributed by atoms with van der Waals surface area (Å²) in [5, 5.41) is 2.96. The first-order chi connectivity index (χ1) is 8.70. The third-order valence-electron chi connectivity index (χ3n) is 2.65. The number of carbonyl (C=O) groups excluding carboxylic acids is 1. The van der Waals surface area contributed by atoms with E-state index in [0.717, 1.165) is 16.7 Å². The Morgan fingerprint density at radius 1 is 1.56 bits per heavy atom. The average molecular weight is 308 g/mol. The van der Waals surface area contributed by atoms with Gasteiger partial charge in [-0.15, -0.1) is 0 Å². The first kappa shape index (κ1) is 12.8. The molecule has 1 atom stereocenters. The van der Waals surface area contributed by atoms with Crippen molar-refractivity contribution in [2.24, 2.45) is 0 Å². The minimum Gasteiger partial charge on any atom is -0.347 e. The number of nitrogens with zero attached hydrogens (tertiary/aromatic N) is 1. The number of hydrogen-bond donors (Lipinski definition) is 2. The fourth-order valence-corrected chi connectivity index (χ4v) is 2.10. The Balaban J connectivity index is 2.11. The van der Waals surface area contributed by atoms with Crippen LogP contribution in [-0.4, -0.2) is 15.9 Å². The van der Waals surface area contributed by atoms with E-state index in [2.05, 4.69) is 31.2 Å². The van der Waals surface area contributed by atoms with E-state index in [1.54, 1.807) is 24.5 Å². The van der Waals surface area contributed by atoms with Crippen molar-refractivity contribution in [1.82, 2.24) is 15.3 Å². The monoisotopic (exact) mass is 307 g/mol. The van der Waals surface area contributed by atoms with Gasteiger partial charge in [-0.2, -0.15) is 0 Å². The maximum Gasteiger partial charge on any atom is 0.251 e. The van der Waals surface area contributed by atoms with E-state index in [1.165, 1.54) is 0 Å². The molecule has 94 valence electrons. The molecule has 0 saturated heterocycles. The fraction of sp³-hybridized carbons (Fsp3) is 0.231. The van der Waals surface area contributed by atoms with Crippen LogP contribution < -0.4 is 5.32 Å².